The van der Waals surface area contributed by atoms with Crippen molar-refractivity contribution in [2.75, 3.05) is 32.7 Å². The van der Waals surface area contributed by atoms with Crippen molar-refractivity contribution in [3.63, 3.8) is 0 Å². The number of alkyl halides is 3. The molecule has 37 heavy (non-hydrogen) atoms. The number of urea groups is 1. The van der Waals surface area contributed by atoms with E-state index < -0.39 is 17.3 Å². The first-order chi connectivity index (χ1) is 17.7. The zero-order valence-corrected chi connectivity index (χ0v) is 21.1. The molecular formula is C28H35F3N4O2. The lowest BCUT2D eigenvalue weighted by Crippen LogP contribution is -2.52. The fraction of sp³-hybridized carbons (Fsp3) is 0.464. The van der Waals surface area contributed by atoms with Gasteiger partial charge in [-0.25, -0.2) is 4.79 Å². The van der Waals surface area contributed by atoms with Crippen LogP contribution in [0.25, 0.3) is 0 Å². The second-order valence-electron chi connectivity index (χ2n) is 9.83. The minimum Gasteiger partial charge on any atom is -0.334 e. The van der Waals surface area contributed by atoms with Crippen LogP contribution >= 0.6 is 0 Å². The summed E-state index contributed by atoms with van der Waals surface area (Å²) in [6, 6.07) is 14.9. The van der Waals surface area contributed by atoms with E-state index in [4.69, 9.17) is 4.84 Å². The van der Waals surface area contributed by atoms with Crippen molar-refractivity contribution in [1.29, 1.82) is 0 Å². The predicted octanol–water partition coefficient (Wildman–Crippen LogP) is 4.93. The molecule has 2 amide bonds. The molecule has 2 atom stereocenters. The summed E-state index contributed by atoms with van der Waals surface area (Å²) in [4.78, 5) is 21.4. The van der Waals surface area contributed by atoms with Crippen molar-refractivity contribution in [3.05, 3.63) is 83.9 Å². The van der Waals surface area contributed by atoms with Crippen LogP contribution in [-0.4, -0.2) is 54.8 Å². The van der Waals surface area contributed by atoms with E-state index in [-0.39, 0.29) is 18.6 Å². The highest BCUT2D eigenvalue weighted by atomic mass is 19.4. The Balaban J connectivity index is 1.34. The highest BCUT2D eigenvalue weighted by Gasteiger charge is 2.45. The van der Waals surface area contributed by atoms with E-state index in [0.29, 0.717) is 31.1 Å². The van der Waals surface area contributed by atoms with E-state index in [1.54, 1.807) is 11.0 Å². The molecule has 2 saturated heterocycles. The first-order valence-corrected chi connectivity index (χ1v) is 12.7. The lowest BCUT2D eigenvalue weighted by Gasteiger charge is -2.42. The first-order valence-electron chi connectivity index (χ1n) is 12.7. The first kappa shape index (κ1) is 27.2. The van der Waals surface area contributed by atoms with Gasteiger partial charge in [0.05, 0.1) is 5.56 Å². The van der Waals surface area contributed by atoms with E-state index in [1.165, 1.54) is 12.1 Å². The summed E-state index contributed by atoms with van der Waals surface area (Å²) >= 11 is 0. The van der Waals surface area contributed by atoms with E-state index >= 15 is 0 Å². The molecule has 4 rings (SSSR count). The number of piperidine rings is 1. The second kappa shape index (κ2) is 11.7. The molecule has 200 valence electrons. The van der Waals surface area contributed by atoms with Crippen LogP contribution in [0.1, 0.15) is 36.5 Å². The molecule has 2 aliphatic rings. The van der Waals surface area contributed by atoms with Crippen molar-refractivity contribution in [1.82, 2.24) is 20.6 Å². The average Bonchev–Trinajstić information content (AvgIpc) is 3.27. The number of carbonyl (C=O) groups excluding carboxylic acids is 1. The molecule has 0 saturated carbocycles. The smallest absolute Gasteiger partial charge is 0.334 e. The Hall–Kier alpha value is -2.88. The van der Waals surface area contributed by atoms with Crippen molar-refractivity contribution < 1.29 is 22.8 Å². The number of rotatable bonds is 8. The van der Waals surface area contributed by atoms with Crippen LogP contribution in [0.2, 0.25) is 0 Å². The number of benzene rings is 2. The topological polar surface area (TPSA) is 56.8 Å². The molecule has 0 aliphatic carbocycles. The Morgan fingerprint density at radius 2 is 1.86 bits per heavy atom. The maximum absolute atomic E-state index is 13.0. The lowest BCUT2D eigenvalue weighted by molar-refractivity contribution is -0.267. The third-order valence-electron chi connectivity index (χ3n) is 7.36. The van der Waals surface area contributed by atoms with Gasteiger partial charge in [-0.2, -0.15) is 18.2 Å². The van der Waals surface area contributed by atoms with Crippen LogP contribution in [0.5, 0.6) is 0 Å². The molecule has 2 aromatic carbocycles. The molecule has 2 fully saturated rings. The quantitative estimate of drug-likeness (QED) is 0.489. The SMILES string of the molecule is C=CCN(C(=O)NCc1ccc(C(F)(F)F)cc1)C1CCN(O[C@]2(c3ccccc3)CNC[C@@H]2C)CC1. The molecule has 2 heterocycles. The van der Waals surface area contributed by atoms with Gasteiger partial charge in [0.1, 0.15) is 5.60 Å². The fourth-order valence-electron chi connectivity index (χ4n) is 5.20. The monoisotopic (exact) mass is 516 g/mol. The number of amides is 2. The van der Waals surface area contributed by atoms with E-state index in [1.807, 2.05) is 23.3 Å². The minimum atomic E-state index is -4.38. The molecule has 0 spiro atoms. The molecule has 0 aromatic heterocycles. The Labute approximate surface area is 216 Å². The Kier molecular flexibility index (Phi) is 8.56. The molecule has 2 aromatic rings. The van der Waals surface area contributed by atoms with Gasteiger partial charge in [0, 0.05) is 51.2 Å². The lowest BCUT2D eigenvalue weighted by atomic mass is 9.85. The number of nitrogens with one attached hydrogen (secondary N) is 2. The van der Waals surface area contributed by atoms with Crippen molar-refractivity contribution >= 4 is 6.03 Å². The zero-order chi connectivity index (χ0) is 26.5. The van der Waals surface area contributed by atoms with Gasteiger partial charge in [0.25, 0.3) is 0 Å². The summed E-state index contributed by atoms with van der Waals surface area (Å²) in [7, 11) is 0. The number of halogens is 3. The highest BCUT2D eigenvalue weighted by molar-refractivity contribution is 5.74. The summed E-state index contributed by atoms with van der Waals surface area (Å²) < 4.78 is 38.4. The maximum Gasteiger partial charge on any atom is 0.416 e. The van der Waals surface area contributed by atoms with Crippen LogP contribution in [0.4, 0.5) is 18.0 Å². The molecular weight excluding hydrogens is 481 g/mol. The summed E-state index contributed by atoms with van der Waals surface area (Å²) in [5, 5.41) is 8.34. The van der Waals surface area contributed by atoms with Crippen LogP contribution < -0.4 is 10.6 Å². The standard InChI is InChI=1S/C28H35F3N4O2/c1-3-15-35(26(36)33-19-22-9-11-24(12-10-22)28(29,30)31)25-13-16-34(17-14-25)37-27(20-32-18-21(27)2)23-7-5-4-6-8-23/h3-12,21,25,32H,1,13-20H2,2H3,(H,33,36)/t21-,27+/m0/s1. The van der Waals surface area contributed by atoms with Crippen LogP contribution in [-0.2, 0) is 23.2 Å². The predicted molar refractivity (Wildman–Crippen MR) is 136 cm³/mol. The summed E-state index contributed by atoms with van der Waals surface area (Å²) in [6.07, 6.45) is -1.20. The molecule has 2 N–H and O–H groups in total. The summed E-state index contributed by atoms with van der Waals surface area (Å²) in [6.45, 7) is 9.53. The zero-order valence-electron chi connectivity index (χ0n) is 21.1. The fourth-order valence-corrected chi connectivity index (χ4v) is 5.20. The summed E-state index contributed by atoms with van der Waals surface area (Å²) in [5.41, 5.74) is 0.634. The average molecular weight is 517 g/mol. The van der Waals surface area contributed by atoms with Crippen molar-refractivity contribution in [2.24, 2.45) is 5.92 Å². The largest absolute Gasteiger partial charge is 0.416 e. The normalized spacial score (nSPS) is 23.1. The molecule has 0 unspecified atom stereocenters. The van der Waals surface area contributed by atoms with Crippen molar-refractivity contribution in [3.8, 4) is 0 Å². The number of hydrogen-bond acceptors (Lipinski definition) is 4. The number of hydrogen-bond donors (Lipinski definition) is 2. The van der Waals surface area contributed by atoms with Gasteiger partial charge < -0.3 is 15.5 Å². The molecule has 0 bridgehead atoms. The molecule has 9 heteroatoms. The van der Waals surface area contributed by atoms with Crippen LogP contribution in [0, 0.1) is 5.92 Å². The maximum atomic E-state index is 13.0. The van der Waals surface area contributed by atoms with Gasteiger partial charge in [-0.15, -0.1) is 6.58 Å². The van der Waals surface area contributed by atoms with Crippen LogP contribution in [0.15, 0.2) is 67.3 Å². The van der Waals surface area contributed by atoms with Gasteiger partial charge in [-0.05, 0) is 36.1 Å². The van der Waals surface area contributed by atoms with Gasteiger partial charge >= 0.3 is 12.2 Å². The van der Waals surface area contributed by atoms with Gasteiger partial charge in [0.2, 0.25) is 0 Å². The van der Waals surface area contributed by atoms with Crippen molar-refractivity contribution in [2.45, 2.75) is 44.1 Å². The molecule has 2 aliphatic heterocycles. The third kappa shape index (κ3) is 6.34. The number of carbonyl (C=O) groups is 1. The Bertz CT molecular complexity index is 1040. The minimum absolute atomic E-state index is 0.0113. The van der Waals surface area contributed by atoms with E-state index in [9.17, 15) is 18.0 Å². The number of nitrogens with zero attached hydrogens (tertiary/aromatic N) is 2. The third-order valence-corrected chi connectivity index (χ3v) is 7.36. The second-order valence-corrected chi connectivity index (χ2v) is 9.83. The van der Waals surface area contributed by atoms with E-state index in [0.717, 1.165) is 43.6 Å². The Morgan fingerprint density at radius 3 is 2.43 bits per heavy atom. The van der Waals surface area contributed by atoms with Crippen LogP contribution in [0.3, 0.4) is 0 Å². The van der Waals surface area contributed by atoms with E-state index in [2.05, 4.69) is 36.3 Å². The number of hydroxylamine groups is 2. The molecule has 0 radical (unpaired) electrons. The molecule has 6 nitrogen and oxygen atoms in total. The Morgan fingerprint density at radius 1 is 1.19 bits per heavy atom. The highest BCUT2D eigenvalue weighted by Crippen LogP contribution is 2.38. The van der Waals surface area contributed by atoms with Gasteiger partial charge in [0.15, 0.2) is 0 Å². The van der Waals surface area contributed by atoms with Gasteiger partial charge in [-0.1, -0.05) is 55.5 Å². The summed E-state index contributed by atoms with van der Waals surface area (Å²) in [5.74, 6) is 0.306. The van der Waals surface area contributed by atoms with Gasteiger partial charge in [-0.3, -0.25) is 4.84 Å².